The van der Waals surface area contributed by atoms with E-state index < -0.39 is 9.84 Å². The smallest absolute Gasteiger partial charge is 0.234 e. The Morgan fingerprint density at radius 1 is 1.06 bits per heavy atom. The molecule has 6 nitrogen and oxygen atoms in total. The fourth-order valence-electron chi connectivity index (χ4n) is 4.00. The fourth-order valence-corrected chi connectivity index (χ4v) is 6.76. The maximum absolute atomic E-state index is 12.6. The summed E-state index contributed by atoms with van der Waals surface area (Å²) in [5.74, 6) is 0.260. The van der Waals surface area contributed by atoms with Crippen LogP contribution in [0.2, 0.25) is 0 Å². The van der Waals surface area contributed by atoms with Crippen molar-refractivity contribution in [3.05, 3.63) is 58.7 Å². The van der Waals surface area contributed by atoms with Gasteiger partial charge in [-0.25, -0.2) is 8.42 Å². The number of rotatable bonds is 4. The number of sulfone groups is 1. The van der Waals surface area contributed by atoms with Gasteiger partial charge in [-0.15, -0.1) is 0 Å². The Kier molecular flexibility index (Phi) is 5.87. The summed E-state index contributed by atoms with van der Waals surface area (Å²) in [6, 6.07) is 11.6. The molecule has 8 heteroatoms. The van der Waals surface area contributed by atoms with Gasteiger partial charge in [-0.1, -0.05) is 30.0 Å². The average molecular weight is 458 g/mol. The topological polar surface area (TPSA) is 78.8 Å². The van der Waals surface area contributed by atoms with Crippen LogP contribution in [0.25, 0.3) is 0 Å². The van der Waals surface area contributed by atoms with Crippen molar-refractivity contribution in [3.8, 4) is 0 Å². The molecule has 31 heavy (non-hydrogen) atoms. The third-order valence-corrected chi connectivity index (χ3v) is 8.54. The van der Waals surface area contributed by atoms with E-state index in [1.165, 1.54) is 17.3 Å². The van der Waals surface area contributed by atoms with E-state index in [2.05, 4.69) is 11.4 Å². The monoisotopic (exact) mass is 457 g/mol. The van der Waals surface area contributed by atoms with Crippen LogP contribution in [-0.2, 0) is 14.6 Å². The first kappa shape index (κ1) is 21.9. The molecule has 0 saturated carbocycles. The van der Waals surface area contributed by atoms with Crippen molar-refractivity contribution >= 4 is 44.0 Å². The molecule has 1 amide bonds. The van der Waals surface area contributed by atoms with E-state index in [1.807, 2.05) is 62.9 Å². The van der Waals surface area contributed by atoms with Crippen LogP contribution in [0.15, 0.2) is 41.4 Å². The van der Waals surface area contributed by atoms with E-state index in [-0.39, 0.29) is 35.2 Å². The zero-order valence-corrected chi connectivity index (χ0v) is 19.8. The molecule has 2 aromatic rings. The summed E-state index contributed by atoms with van der Waals surface area (Å²) in [5.41, 5.74) is 6.15. The fraction of sp³-hybridized carbons (Fsp3) is 0.391. The molecule has 2 aliphatic rings. The van der Waals surface area contributed by atoms with Crippen LogP contribution in [0.4, 0.5) is 11.4 Å². The summed E-state index contributed by atoms with van der Waals surface area (Å²) < 4.78 is 24.4. The molecule has 2 atom stereocenters. The molecule has 1 fully saturated rings. The number of nitrogens with one attached hydrogen (secondary N) is 1. The maximum Gasteiger partial charge on any atom is 0.234 e. The van der Waals surface area contributed by atoms with Gasteiger partial charge in [0.25, 0.3) is 0 Å². The lowest BCUT2D eigenvalue weighted by Crippen LogP contribution is -2.39. The minimum Gasteiger partial charge on any atom is -0.325 e. The number of fused-ring (bicyclic) bond motifs is 1. The molecule has 2 heterocycles. The molecule has 2 aliphatic heterocycles. The summed E-state index contributed by atoms with van der Waals surface area (Å²) in [7, 11) is -3.11. The first-order valence-corrected chi connectivity index (χ1v) is 13.1. The predicted octanol–water partition coefficient (Wildman–Crippen LogP) is 3.63. The van der Waals surface area contributed by atoms with Crippen molar-refractivity contribution in [1.82, 2.24) is 0 Å². The summed E-state index contributed by atoms with van der Waals surface area (Å²) >= 11 is 1.36. The van der Waals surface area contributed by atoms with Crippen molar-refractivity contribution in [2.45, 2.75) is 39.8 Å². The Labute approximate surface area is 188 Å². The minimum absolute atomic E-state index is 0.0672. The number of amides is 1. The number of carbonyl (C=O) groups excluding carboxylic acids is 1. The Hall–Kier alpha value is -2.32. The molecule has 0 unspecified atom stereocenters. The quantitative estimate of drug-likeness (QED) is 0.758. The number of amidine groups is 1. The molecule has 1 saturated heterocycles. The number of aliphatic imine (C=N–C) groups is 1. The molecule has 2 aromatic carbocycles. The molecular formula is C23H27N3O3S2. The number of hydrogen-bond donors (Lipinski definition) is 1. The van der Waals surface area contributed by atoms with Crippen LogP contribution >= 0.6 is 11.8 Å². The molecule has 0 spiro atoms. The van der Waals surface area contributed by atoms with Gasteiger partial charge >= 0.3 is 0 Å². The maximum atomic E-state index is 12.6. The number of carbonyl (C=O) groups is 1. The Morgan fingerprint density at radius 3 is 2.55 bits per heavy atom. The lowest BCUT2D eigenvalue weighted by Gasteiger charge is -2.27. The van der Waals surface area contributed by atoms with E-state index >= 15 is 0 Å². The van der Waals surface area contributed by atoms with Crippen LogP contribution in [0, 0.1) is 27.7 Å². The highest BCUT2D eigenvalue weighted by molar-refractivity contribution is 8.14. The zero-order valence-electron chi connectivity index (χ0n) is 18.2. The van der Waals surface area contributed by atoms with Gasteiger partial charge in [-0.2, -0.15) is 0 Å². The first-order valence-electron chi connectivity index (χ1n) is 10.3. The molecule has 1 N–H and O–H groups in total. The Morgan fingerprint density at radius 2 is 1.81 bits per heavy atom. The summed E-state index contributed by atoms with van der Waals surface area (Å²) in [4.78, 5) is 19.3. The van der Waals surface area contributed by atoms with Crippen LogP contribution < -0.4 is 10.2 Å². The second-order valence-corrected chi connectivity index (χ2v) is 11.5. The highest BCUT2D eigenvalue weighted by atomic mass is 32.2. The van der Waals surface area contributed by atoms with Crippen molar-refractivity contribution in [3.63, 3.8) is 0 Å². The van der Waals surface area contributed by atoms with E-state index in [9.17, 15) is 13.2 Å². The van der Waals surface area contributed by atoms with E-state index in [0.29, 0.717) is 5.17 Å². The number of benzene rings is 2. The number of thioether (sulfide) groups is 1. The van der Waals surface area contributed by atoms with Gasteiger partial charge in [0.1, 0.15) is 0 Å². The van der Waals surface area contributed by atoms with Gasteiger partial charge in [0, 0.05) is 11.4 Å². The molecule has 0 radical (unpaired) electrons. The summed E-state index contributed by atoms with van der Waals surface area (Å²) in [5, 5.41) is 3.69. The van der Waals surface area contributed by atoms with Crippen molar-refractivity contribution in [2.75, 3.05) is 27.5 Å². The largest absolute Gasteiger partial charge is 0.325 e. The van der Waals surface area contributed by atoms with Crippen LogP contribution in [-0.4, -0.2) is 48.8 Å². The third-order valence-electron chi connectivity index (χ3n) is 5.88. The third kappa shape index (κ3) is 4.65. The second-order valence-electron chi connectivity index (χ2n) is 8.42. The number of aryl methyl sites for hydroxylation is 4. The Balaban J connectivity index is 1.53. The van der Waals surface area contributed by atoms with Gasteiger partial charge in [0.2, 0.25) is 5.91 Å². The van der Waals surface area contributed by atoms with Gasteiger partial charge in [-0.3, -0.25) is 9.79 Å². The average Bonchev–Trinajstić information content (AvgIpc) is 3.16. The van der Waals surface area contributed by atoms with Crippen molar-refractivity contribution in [2.24, 2.45) is 4.99 Å². The van der Waals surface area contributed by atoms with Gasteiger partial charge in [0.15, 0.2) is 15.0 Å². The standard InChI is InChI=1S/C23H27N3O3S2/c1-14-5-6-16(3)19(9-14)24-22(27)11-30-23-25-20-12-31(28,29)13-21(20)26(23)18-8-7-15(2)17(4)10-18/h5-10,20-21H,11-13H2,1-4H3,(H,24,27)/t20-,21-/m1/s1. The van der Waals surface area contributed by atoms with Crippen LogP contribution in [0.1, 0.15) is 22.3 Å². The van der Waals surface area contributed by atoms with E-state index in [1.54, 1.807) is 0 Å². The van der Waals surface area contributed by atoms with Gasteiger partial charge in [0.05, 0.1) is 29.3 Å². The number of anilines is 2. The van der Waals surface area contributed by atoms with Gasteiger partial charge < -0.3 is 10.2 Å². The van der Waals surface area contributed by atoms with E-state index in [0.717, 1.165) is 28.1 Å². The summed E-state index contributed by atoms with van der Waals surface area (Å²) in [6.45, 7) is 8.05. The minimum atomic E-state index is -3.11. The van der Waals surface area contributed by atoms with Crippen molar-refractivity contribution < 1.29 is 13.2 Å². The molecule has 0 aliphatic carbocycles. The highest BCUT2D eigenvalue weighted by Crippen LogP contribution is 2.35. The molecule has 0 aromatic heterocycles. The SMILES string of the molecule is Cc1ccc(C)c(NC(=O)CSC2=N[C@@H]3CS(=O)(=O)C[C@H]3N2c2ccc(C)c(C)c2)c1. The summed E-state index contributed by atoms with van der Waals surface area (Å²) in [6.07, 6.45) is 0. The molecule has 164 valence electrons. The first-order chi connectivity index (χ1) is 14.6. The normalized spacial score (nSPS) is 21.7. The number of hydrogen-bond acceptors (Lipinski definition) is 6. The van der Waals surface area contributed by atoms with Crippen LogP contribution in [0.3, 0.4) is 0 Å². The lowest BCUT2D eigenvalue weighted by molar-refractivity contribution is -0.113. The number of nitrogens with zero attached hydrogens (tertiary/aromatic N) is 2. The Bertz CT molecular complexity index is 1170. The molecular weight excluding hydrogens is 430 g/mol. The lowest BCUT2D eigenvalue weighted by atomic mass is 10.1. The second kappa shape index (κ2) is 8.31. The van der Waals surface area contributed by atoms with E-state index in [4.69, 9.17) is 4.99 Å². The van der Waals surface area contributed by atoms with Crippen LogP contribution in [0.5, 0.6) is 0 Å². The molecule has 0 bridgehead atoms. The zero-order chi connectivity index (χ0) is 22.3. The highest BCUT2D eigenvalue weighted by Gasteiger charge is 2.47. The van der Waals surface area contributed by atoms with Gasteiger partial charge in [-0.05, 0) is 68.1 Å². The van der Waals surface area contributed by atoms with Crippen molar-refractivity contribution in [1.29, 1.82) is 0 Å². The predicted molar refractivity (Wildman–Crippen MR) is 129 cm³/mol. The molecule has 4 rings (SSSR count).